The molecular formula is C27H37N7O2Si. The lowest BCUT2D eigenvalue weighted by Crippen LogP contribution is -2.46. The molecular weight excluding hydrogens is 482 g/mol. The van der Waals surface area contributed by atoms with E-state index in [2.05, 4.69) is 73.0 Å². The van der Waals surface area contributed by atoms with E-state index in [1.807, 2.05) is 35.8 Å². The minimum atomic E-state index is -2.07. The number of benzene rings is 1. The smallest absolute Gasteiger partial charge is 0.192 e. The maximum atomic E-state index is 8.77. The van der Waals surface area contributed by atoms with Gasteiger partial charge in [-0.15, -0.1) is 5.10 Å². The molecule has 4 aromatic rings. The second kappa shape index (κ2) is 9.41. The molecule has 1 fully saturated rings. The summed E-state index contributed by atoms with van der Waals surface area (Å²) in [5.74, 6) is 0.620. The highest BCUT2D eigenvalue weighted by Crippen LogP contribution is 2.44. The van der Waals surface area contributed by atoms with Crippen LogP contribution in [0, 0.1) is 12.8 Å². The number of ether oxygens (including phenoxy) is 1. The first-order chi connectivity index (χ1) is 17.9. The molecule has 0 saturated carbocycles. The number of imidazole rings is 1. The van der Waals surface area contributed by atoms with Crippen LogP contribution in [0.5, 0.6) is 0 Å². The van der Waals surface area contributed by atoms with Gasteiger partial charge in [0.05, 0.1) is 26.1 Å². The van der Waals surface area contributed by atoms with Gasteiger partial charge in [0.1, 0.15) is 12.0 Å². The molecule has 5 rings (SSSR count). The molecule has 1 aliphatic heterocycles. The zero-order valence-corrected chi connectivity index (χ0v) is 23.9. The zero-order valence-electron chi connectivity index (χ0n) is 23.9. The SMILES string of the molecule is [2H]c1c(-c2ccc(C)cc2)nnn1-c1ncnc2c1ncn2[C@@H]1O[C@H](CC)C(C)[C@@H]1O[Si](C)(C)C(C)(C)C. The zero-order chi connectivity index (χ0) is 27.4. The lowest BCUT2D eigenvalue weighted by molar-refractivity contribution is -0.0321. The average Bonchev–Trinajstić information content (AvgIpc) is 3.54. The van der Waals surface area contributed by atoms with Crippen molar-refractivity contribution >= 4 is 19.5 Å². The highest BCUT2D eigenvalue weighted by Gasteiger charge is 2.49. The Balaban J connectivity index is 1.55. The topological polar surface area (TPSA) is 92.8 Å². The monoisotopic (exact) mass is 520 g/mol. The van der Waals surface area contributed by atoms with Gasteiger partial charge in [-0.1, -0.05) is 69.7 Å². The standard InChI is InChI=1S/C27H37N7O2Si/c1-9-21-18(3)23(36-37(7,8)27(4,5)6)26(35-21)33-16-30-22-24(33)28-15-29-25(22)34-14-20(31-32-34)19-12-10-17(2)11-13-19/h10-16,18,21,23,26H,9H2,1-8H3/t18?,21-,23+,26-/m1/s1/i14D. The predicted molar refractivity (Wildman–Crippen MR) is 146 cm³/mol. The molecule has 37 heavy (non-hydrogen) atoms. The summed E-state index contributed by atoms with van der Waals surface area (Å²) in [6.07, 6.45) is 3.81. The Kier molecular flexibility index (Phi) is 6.20. The Hall–Kier alpha value is -2.95. The first-order valence-corrected chi connectivity index (χ1v) is 15.8. The van der Waals surface area contributed by atoms with Crippen molar-refractivity contribution in [1.82, 2.24) is 34.5 Å². The van der Waals surface area contributed by atoms with Gasteiger partial charge in [-0.3, -0.25) is 4.57 Å². The summed E-state index contributed by atoms with van der Waals surface area (Å²) in [6.45, 7) is 17.7. The highest BCUT2D eigenvalue weighted by molar-refractivity contribution is 6.74. The predicted octanol–water partition coefficient (Wildman–Crippen LogP) is 5.72. The minimum absolute atomic E-state index is 0.0701. The molecule has 9 nitrogen and oxygen atoms in total. The highest BCUT2D eigenvalue weighted by atomic mass is 28.4. The fourth-order valence-corrected chi connectivity index (χ4v) is 5.94. The first-order valence-electron chi connectivity index (χ1n) is 13.4. The van der Waals surface area contributed by atoms with E-state index in [-0.39, 0.29) is 35.6 Å². The molecule has 1 unspecified atom stereocenters. The Morgan fingerprint density at radius 3 is 2.54 bits per heavy atom. The summed E-state index contributed by atoms with van der Waals surface area (Å²) >= 11 is 0. The molecule has 10 heteroatoms. The van der Waals surface area contributed by atoms with Crippen molar-refractivity contribution in [1.29, 1.82) is 0 Å². The van der Waals surface area contributed by atoms with E-state index in [0.717, 1.165) is 17.5 Å². The van der Waals surface area contributed by atoms with Crippen LogP contribution in [-0.2, 0) is 9.16 Å². The Bertz CT molecular complexity index is 1440. The van der Waals surface area contributed by atoms with Crippen LogP contribution in [-0.4, -0.2) is 55.0 Å². The van der Waals surface area contributed by atoms with Gasteiger partial charge in [-0.2, -0.15) is 4.68 Å². The van der Waals surface area contributed by atoms with Crippen molar-refractivity contribution in [3.63, 3.8) is 0 Å². The quantitative estimate of drug-likeness (QED) is 0.300. The van der Waals surface area contributed by atoms with Crippen LogP contribution >= 0.6 is 0 Å². The van der Waals surface area contributed by atoms with E-state index in [9.17, 15) is 0 Å². The summed E-state index contributed by atoms with van der Waals surface area (Å²) in [4.78, 5) is 13.7. The first kappa shape index (κ1) is 24.4. The summed E-state index contributed by atoms with van der Waals surface area (Å²) in [5.41, 5.74) is 3.59. The second-order valence-corrected chi connectivity index (χ2v) is 16.3. The van der Waals surface area contributed by atoms with E-state index in [4.69, 9.17) is 10.5 Å². The van der Waals surface area contributed by atoms with Crippen LogP contribution in [0.3, 0.4) is 0 Å². The van der Waals surface area contributed by atoms with Gasteiger partial charge in [0.2, 0.25) is 0 Å². The largest absolute Gasteiger partial charge is 0.409 e. The van der Waals surface area contributed by atoms with Gasteiger partial charge in [0.15, 0.2) is 31.5 Å². The third-order valence-corrected chi connectivity index (χ3v) is 12.4. The number of aromatic nitrogens is 7. The number of fused-ring (bicyclic) bond motifs is 1. The molecule has 0 aliphatic carbocycles. The summed E-state index contributed by atoms with van der Waals surface area (Å²) in [6, 6.07) is 7.87. The van der Waals surface area contributed by atoms with Gasteiger partial charge >= 0.3 is 0 Å². The Labute approximate surface area is 220 Å². The van der Waals surface area contributed by atoms with Gasteiger partial charge in [0.25, 0.3) is 0 Å². The number of aryl methyl sites for hydroxylation is 1. The van der Waals surface area contributed by atoms with E-state index in [0.29, 0.717) is 22.7 Å². The van der Waals surface area contributed by atoms with Gasteiger partial charge < -0.3 is 9.16 Å². The van der Waals surface area contributed by atoms with Gasteiger partial charge in [0, 0.05) is 11.5 Å². The molecule has 196 valence electrons. The van der Waals surface area contributed by atoms with Crippen molar-refractivity contribution in [2.24, 2.45) is 5.92 Å². The van der Waals surface area contributed by atoms with E-state index in [1.165, 1.54) is 11.0 Å². The average molecular weight is 521 g/mol. The van der Waals surface area contributed by atoms with Crippen molar-refractivity contribution in [2.75, 3.05) is 0 Å². The van der Waals surface area contributed by atoms with Crippen LogP contribution in [0.2, 0.25) is 18.1 Å². The molecule has 4 atom stereocenters. The molecule has 0 radical (unpaired) electrons. The van der Waals surface area contributed by atoms with Crippen LogP contribution < -0.4 is 0 Å². The molecule has 0 N–H and O–H groups in total. The number of hydrogen-bond acceptors (Lipinski definition) is 7. The Morgan fingerprint density at radius 1 is 1.14 bits per heavy atom. The van der Waals surface area contributed by atoms with Crippen molar-refractivity contribution < 1.29 is 10.5 Å². The van der Waals surface area contributed by atoms with Crippen LogP contribution in [0.15, 0.2) is 43.1 Å². The molecule has 1 saturated heterocycles. The number of rotatable bonds is 6. The minimum Gasteiger partial charge on any atom is -0.409 e. The lowest BCUT2D eigenvalue weighted by Gasteiger charge is -2.40. The third-order valence-electron chi connectivity index (χ3n) is 7.92. The summed E-state index contributed by atoms with van der Waals surface area (Å²) in [7, 11) is -2.07. The van der Waals surface area contributed by atoms with Crippen LogP contribution in [0.25, 0.3) is 28.2 Å². The van der Waals surface area contributed by atoms with E-state index >= 15 is 0 Å². The van der Waals surface area contributed by atoms with Crippen LogP contribution in [0.4, 0.5) is 0 Å². The lowest BCUT2D eigenvalue weighted by atomic mass is 9.99. The fraction of sp³-hybridized carbons (Fsp3) is 0.519. The van der Waals surface area contributed by atoms with E-state index < -0.39 is 8.32 Å². The third kappa shape index (κ3) is 4.62. The summed E-state index contributed by atoms with van der Waals surface area (Å²) < 4.78 is 25.7. The maximum Gasteiger partial charge on any atom is 0.192 e. The molecule has 4 heterocycles. The normalized spacial score (nSPS) is 23.1. The fourth-order valence-electron chi connectivity index (χ4n) is 4.57. The molecule has 0 bridgehead atoms. The Morgan fingerprint density at radius 2 is 1.86 bits per heavy atom. The molecule has 1 aliphatic rings. The number of hydrogen-bond donors (Lipinski definition) is 0. The molecule has 0 amide bonds. The number of nitrogens with zero attached hydrogens (tertiary/aromatic N) is 7. The van der Waals surface area contributed by atoms with Crippen molar-refractivity contribution in [3.05, 3.63) is 48.7 Å². The van der Waals surface area contributed by atoms with Gasteiger partial charge in [-0.05, 0) is 31.5 Å². The second-order valence-electron chi connectivity index (χ2n) is 11.5. The van der Waals surface area contributed by atoms with Crippen molar-refractivity contribution in [3.8, 4) is 17.1 Å². The van der Waals surface area contributed by atoms with Gasteiger partial charge in [-0.25, -0.2) is 15.0 Å². The summed E-state index contributed by atoms with van der Waals surface area (Å²) in [5, 5.41) is 8.61. The van der Waals surface area contributed by atoms with E-state index in [1.54, 1.807) is 6.33 Å². The van der Waals surface area contributed by atoms with Crippen LogP contribution in [0.1, 0.15) is 54.2 Å². The molecule has 0 spiro atoms. The maximum absolute atomic E-state index is 8.77. The van der Waals surface area contributed by atoms with Crippen molar-refractivity contribution in [2.45, 2.75) is 84.5 Å². The molecule has 1 aromatic carbocycles. The molecule has 3 aromatic heterocycles.